The van der Waals surface area contributed by atoms with Crippen molar-refractivity contribution in [2.75, 3.05) is 7.05 Å². The quantitative estimate of drug-likeness (QED) is 0.869. The zero-order valence-corrected chi connectivity index (χ0v) is 15.2. The largest absolute Gasteiger partial charge is 0.445 e. The molecule has 8 nitrogen and oxygen atoms in total. The van der Waals surface area contributed by atoms with Crippen molar-refractivity contribution >= 4 is 17.7 Å². The van der Waals surface area contributed by atoms with E-state index in [1.165, 1.54) is 11.2 Å². The van der Waals surface area contributed by atoms with Crippen LogP contribution in [0.1, 0.15) is 24.6 Å². The van der Waals surface area contributed by atoms with Crippen molar-refractivity contribution in [2.24, 2.45) is 4.99 Å². The molecule has 0 aliphatic carbocycles. The van der Waals surface area contributed by atoms with Crippen LogP contribution >= 0.6 is 0 Å². The van der Waals surface area contributed by atoms with Crippen LogP contribution in [0.2, 0.25) is 0 Å². The maximum Gasteiger partial charge on any atom is 0.407 e. The van der Waals surface area contributed by atoms with Crippen molar-refractivity contribution in [2.45, 2.75) is 32.2 Å². The predicted octanol–water partition coefficient (Wildman–Crippen LogP) is 1.77. The zero-order chi connectivity index (χ0) is 19.2. The molecule has 1 aromatic heterocycles. The molecule has 1 aliphatic heterocycles. The van der Waals surface area contributed by atoms with Gasteiger partial charge in [0.2, 0.25) is 5.91 Å². The van der Waals surface area contributed by atoms with Crippen molar-refractivity contribution in [1.82, 2.24) is 20.2 Å². The first-order chi connectivity index (χ1) is 13.0. The van der Waals surface area contributed by atoms with Gasteiger partial charge in [0.1, 0.15) is 19.1 Å². The molecule has 2 heterocycles. The Hall–Kier alpha value is -3.29. The molecule has 0 fully saturated rings. The molecule has 2 atom stereocenters. The molecule has 1 N–H and O–H groups in total. The first-order valence-corrected chi connectivity index (χ1v) is 8.60. The number of ether oxygens (including phenoxy) is 1. The maximum absolute atomic E-state index is 12.3. The van der Waals surface area contributed by atoms with Crippen molar-refractivity contribution < 1.29 is 14.3 Å². The number of nitrogens with zero attached hydrogens (tertiary/aromatic N) is 4. The Labute approximate surface area is 157 Å². The van der Waals surface area contributed by atoms with Crippen LogP contribution in [0.15, 0.2) is 53.9 Å². The third kappa shape index (κ3) is 4.66. The summed E-state index contributed by atoms with van der Waals surface area (Å²) < 4.78 is 5.24. The van der Waals surface area contributed by atoms with Crippen LogP contribution in [0.25, 0.3) is 0 Å². The molecule has 0 saturated carbocycles. The summed E-state index contributed by atoms with van der Waals surface area (Å²) in [5.74, 6) is -0.0880. The number of hydrogen-bond donors (Lipinski definition) is 1. The van der Waals surface area contributed by atoms with E-state index in [4.69, 9.17) is 4.74 Å². The van der Waals surface area contributed by atoms with Gasteiger partial charge in [0.15, 0.2) is 0 Å². The van der Waals surface area contributed by atoms with Gasteiger partial charge in [0, 0.05) is 13.2 Å². The van der Waals surface area contributed by atoms with E-state index in [0.717, 1.165) is 5.56 Å². The summed E-state index contributed by atoms with van der Waals surface area (Å²) in [5.41, 5.74) is 2.08. The molecule has 2 amide bonds. The van der Waals surface area contributed by atoms with E-state index in [1.54, 1.807) is 26.2 Å². The lowest BCUT2D eigenvalue weighted by Gasteiger charge is -2.34. The molecular weight excluding hydrogens is 346 g/mol. The topological polar surface area (TPSA) is 96.8 Å². The maximum atomic E-state index is 12.3. The number of rotatable bonds is 5. The monoisotopic (exact) mass is 367 g/mol. The Bertz CT molecular complexity index is 826. The SMILES string of the molecule is C[C@H](NC(=O)OCc1ccccc1)C1N=C(c2ccncn2)CC(=O)N1C. The van der Waals surface area contributed by atoms with Gasteiger partial charge in [-0.3, -0.25) is 9.79 Å². The number of nitrogens with one attached hydrogen (secondary N) is 1. The predicted molar refractivity (Wildman–Crippen MR) is 99.0 cm³/mol. The third-order valence-corrected chi connectivity index (χ3v) is 4.28. The van der Waals surface area contributed by atoms with E-state index in [0.29, 0.717) is 11.4 Å². The summed E-state index contributed by atoms with van der Waals surface area (Å²) in [6.07, 6.45) is 2.08. The van der Waals surface area contributed by atoms with Crippen LogP contribution in [0.3, 0.4) is 0 Å². The Balaban J connectivity index is 1.65. The van der Waals surface area contributed by atoms with Gasteiger partial charge in [0.05, 0.1) is 23.9 Å². The van der Waals surface area contributed by atoms with Gasteiger partial charge in [-0.05, 0) is 18.6 Å². The van der Waals surface area contributed by atoms with Gasteiger partial charge < -0.3 is 15.0 Å². The van der Waals surface area contributed by atoms with Gasteiger partial charge in [-0.25, -0.2) is 14.8 Å². The molecule has 0 spiro atoms. The van der Waals surface area contributed by atoms with Gasteiger partial charge in [-0.15, -0.1) is 0 Å². The summed E-state index contributed by atoms with van der Waals surface area (Å²) in [5, 5.41) is 2.75. The molecule has 2 aromatic rings. The van der Waals surface area contributed by atoms with E-state index >= 15 is 0 Å². The summed E-state index contributed by atoms with van der Waals surface area (Å²) in [4.78, 5) is 38.6. The van der Waals surface area contributed by atoms with E-state index in [9.17, 15) is 9.59 Å². The lowest BCUT2D eigenvalue weighted by molar-refractivity contribution is -0.131. The standard InChI is InChI=1S/C19H21N5O3/c1-13(22-19(26)27-11-14-6-4-3-5-7-14)18-23-16(10-17(25)24(18)2)15-8-9-20-12-21-15/h3-9,12-13,18H,10-11H2,1-2H3,(H,22,26)/t13-,18?/m0/s1. The van der Waals surface area contributed by atoms with Crippen molar-refractivity contribution in [3.63, 3.8) is 0 Å². The molecule has 27 heavy (non-hydrogen) atoms. The van der Waals surface area contributed by atoms with Crippen LogP contribution in [0.5, 0.6) is 0 Å². The molecule has 0 saturated heterocycles. The van der Waals surface area contributed by atoms with E-state index in [-0.39, 0.29) is 18.9 Å². The fraction of sp³-hybridized carbons (Fsp3) is 0.316. The lowest BCUT2D eigenvalue weighted by atomic mass is 10.1. The van der Waals surface area contributed by atoms with Crippen molar-refractivity contribution in [3.05, 3.63) is 60.2 Å². The molecule has 0 bridgehead atoms. The summed E-state index contributed by atoms with van der Waals surface area (Å²) in [6.45, 7) is 1.96. The summed E-state index contributed by atoms with van der Waals surface area (Å²) in [6, 6.07) is 10.7. The Morgan fingerprint density at radius 3 is 2.81 bits per heavy atom. The van der Waals surface area contributed by atoms with Crippen LogP contribution < -0.4 is 5.32 Å². The molecule has 1 unspecified atom stereocenters. The van der Waals surface area contributed by atoms with Gasteiger partial charge >= 0.3 is 6.09 Å². The highest BCUT2D eigenvalue weighted by molar-refractivity contribution is 6.10. The first kappa shape index (κ1) is 18.5. The van der Waals surface area contributed by atoms with Crippen LogP contribution in [-0.4, -0.2) is 51.8 Å². The molecule has 1 aromatic carbocycles. The highest BCUT2D eigenvalue weighted by Crippen LogP contribution is 2.17. The fourth-order valence-electron chi connectivity index (χ4n) is 2.80. The highest BCUT2D eigenvalue weighted by Gasteiger charge is 2.32. The number of likely N-dealkylation sites (N-methyl/N-ethyl adjacent to an activating group) is 1. The second kappa shape index (κ2) is 8.39. The number of benzene rings is 1. The average molecular weight is 367 g/mol. The van der Waals surface area contributed by atoms with Gasteiger partial charge in [-0.1, -0.05) is 30.3 Å². The van der Waals surface area contributed by atoms with Crippen LogP contribution in [0.4, 0.5) is 4.79 Å². The molecule has 140 valence electrons. The Morgan fingerprint density at radius 1 is 1.33 bits per heavy atom. The smallest absolute Gasteiger partial charge is 0.407 e. The second-order valence-corrected chi connectivity index (χ2v) is 6.26. The molecule has 3 rings (SSSR count). The van der Waals surface area contributed by atoms with Gasteiger partial charge in [0.25, 0.3) is 0 Å². The van der Waals surface area contributed by atoms with E-state index < -0.39 is 18.3 Å². The zero-order valence-electron chi connectivity index (χ0n) is 15.2. The Kier molecular flexibility index (Phi) is 5.75. The number of alkyl carbamates (subject to hydrolysis) is 1. The van der Waals surface area contributed by atoms with Gasteiger partial charge in [-0.2, -0.15) is 0 Å². The van der Waals surface area contributed by atoms with Crippen molar-refractivity contribution in [1.29, 1.82) is 0 Å². The number of carbonyl (C=O) groups is 2. The van der Waals surface area contributed by atoms with E-state index in [2.05, 4.69) is 20.3 Å². The minimum Gasteiger partial charge on any atom is -0.445 e. The fourth-order valence-corrected chi connectivity index (χ4v) is 2.80. The minimum atomic E-state index is -0.559. The Morgan fingerprint density at radius 2 is 2.11 bits per heavy atom. The number of hydrogen-bond acceptors (Lipinski definition) is 6. The highest BCUT2D eigenvalue weighted by atomic mass is 16.5. The molecule has 1 aliphatic rings. The normalized spacial score (nSPS) is 17.9. The average Bonchev–Trinajstić information content (AvgIpc) is 2.69. The minimum absolute atomic E-state index is 0.0880. The molecule has 0 radical (unpaired) electrons. The number of aromatic nitrogens is 2. The van der Waals surface area contributed by atoms with Crippen LogP contribution in [0, 0.1) is 0 Å². The summed E-state index contributed by atoms with van der Waals surface area (Å²) >= 11 is 0. The third-order valence-electron chi connectivity index (χ3n) is 4.28. The van der Waals surface area contributed by atoms with Crippen LogP contribution in [-0.2, 0) is 16.1 Å². The molecular formula is C19H21N5O3. The second-order valence-electron chi connectivity index (χ2n) is 6.26. The number of amides is 2. The van der Waals surface area contributed by atoms with E-state index in [1.807, 2.05) is 30.3 Å². The first-order valence-electron chi connectivity index (χ1n) is 8.60. The molecule has 8 heteroatoms. The number of carbonyl (C=O) groups excluding carboxylic acids is 2. The van der Waals surface area contributed by atoms with Crippen molar-refractivity contribution in [3.8, 4) is 0 Å². The summed E-state index contributed by atoms with van der Waals surface area (Å²) in [7, 11) is 1.67. The lowest BCUT2D eigenvalue weighted by Crippen LogP contribution is -2.52. The number of aliphatic imine (C=N–C) groups is 1.